The minimum atomic E-state index is -3.85. The molecule has 3 aromatic carbocycles. The number of nitrogens with two attached hydrogens (primary N) is 1. The first-order valence-electron chi connectivity index (χ1n) is 12.9. The summed E-state index contributed by atoms with van der Waals surface area (Å²) >= 11 is 0. The lowest BCUT2D eigenvalue weighted by atomic mass is 10.00. The molecule has 3 aromatic rings. The molecule has 0 bridgehead atoms. The lowest BCUT2D eigenvalue weighted by Crippen LogP contribution is -2.55. The molecular formula is C30H36N6O3S. The summed E-state index contributed by atoms with van der Waals surface area (Å²) in [7, 11) is -3.85. The number of sulfonamides is 1. The molecule has 210 valence electrons. The van der Waals surface area contributed by atoms with Crippen molar-refractivity contribution in [1.82, 2.24) is 4.90 Å². The smallest absolute Gasteiger partial charge is 0.254 e. The molecular weight excluding hydrogens is 524 g/mol. The quantitative estimate of drug-likeness (QED) is 0.471. The van der Waals surface area contributed by atoms with E-state index in [1.807, 2.05) is 60.0 Å². The van der Waals surface area contributed by atoms with Crippen LogP contribution in [-0.2, 0) is 10.0 Å². The van der Waals surface area contributed by atoms with E-state index in [2.05, 4.69) is 16.3 Å². The molecule has 0 spiro atoms. The van der Waals surface area contributed by atoms with Crippen molar-refractivity contribution in [2.75, 3.05) is 54.4 Å². The summed E-state index contributed by atoms with van der Waals surface area (Å²) in [6.45, 7) is 7.51. The van der Waals surface area contributed by atoms with Gasteiger partial charge in [0.2, 0.25) is 10.0 Å². The number of aryl methyl sites for hydroxylation is 2. The van der Waals surface area contributed by atoms with E-state index in [1.165, 1.54) is 6.07 Å². The van der Waals surface area contributed by atoms with E-state index >= 15 is 0 Å². The van der Waals surface area contributed by atoms with Crippen LogP contribution in [0.25, 0.3) is 0 Å². The predicted molar refractivity (Wildman–Crippen MR) is 159 cm³/mol. The van der Waals surface area contributed by atoms with Crippen LogP contribution in [0.1, 0.15) is 34.5 Å². The maximum absolute atomic E-state index is 13.6. The number of nitrogens with zero attached hydrogens (tertiary/aromatic N) is 4. The van der Waals surface area contributed by atoms with Crippen LogP contribution in [0.15, 0.2) is 65.6 Å². The fraction of sp³-hybridized carbons (Fsp3) is 0.333. The molecule has 0 atom stereocenters. The van der Waals surface area contributed by atoms with Gasteiger partial charge in [-0.2, -0.15) is 5.26 Å². The Morgan fingerprint density at radius 1 is 0.925 bits per heavy atom. The van der Waals surface area contributed by atoms with Crippen LogP contribution >= 0.6 is 0 Å². The highest BCUT2D eigenvalue weighted by molar-refractivity contribution is 7.89. The van der Waals surface area contributed by atoms with Crippen molar-refractivity contribution in [3.8, 4) is 6.07 Å². The number of nitriles is 1. The van der Waals surface area contributed by atoms with Gasteiger partial charge in [0.15, 0.2) is 0 Å². The molecule has 0 radical (unpaired) electrons. The van der Waals surface area contributed by atoms with Crippen molar-refractivity contribution in [3.05, 3.63) is 82.9 Å². The molecule has 10 heteroatoms. The van der Waals surface area contributed by atoms with Gasteiger partial charge in [-0.1, -0.05) is 37.8 Å². The van der Waals surface area contributed by atoms with Crippen LogP contribution in [0.5, 0.6) is 0 Å². The number of amides is 1. The molecule has 0 unspecified atom stereocenters. The largest absolute Gasteiger partial charge is 0.379 e. The molecule has 2 aliphatic heterocycles. The zero-order valence-electron chi connectivity index (χ0n) is 22.1. The fourth-order valence-corrected chi connectivity index (χ4v) is 6.11. The Hall–Kier alpha value is -4.07. The van der Waals surface area contributed by atoms with Gasteiger partial charge in [-0.3, -0.25) is 4.79 Å². The van der Waals surface area contributed by atoms with Crippen molar-refractivity contribution >= 4 is 33.0 Å². The average molecular weight is 561 g/mol. The van der Waals surface area contributed by atoms with Gasteiger partial charge in [0.1, 0.15) is 11.0 Å². The van der Waals surface area contributed by atoms with Crippen molar-refractivity contribution in [2.45, 2.75) is 32.2 Å². The first-order chi connectivity index (χ1) is 18.7. The first-order valence-corrected chi connectivity index (χ1v) is 14.5. The van der Waals surface area contributed by atoms with E-state index in [4.69, 9.17) is 5.14 Å². The Morgan fingerprint density at radius 3 is 2.20 bits per heavy atom. The lowest BCUT2D eigenvalue weighted by Gasteiger charge is -2.42. The lowest BCUT2D eigenvalue weighted by molar-refractivity contribution is 0.0746. The minimum absolute atomic E-state index is 0. The molecule has 2 fully saturated rings. The van der Waals surface area contributed by atoms with E-state index in [0.717, 1.165) is 35.6 Å². The summed E-state index contributed by atoms with van der Waals surface area (Å²) in [6, 6.07) is 20.8. The van der Waals surface area contributed by atoms with Crippen LogP contribution in [0, 0.1) is 25.2 Å². The number of hydrogen-bond donors (Lipinski definition) is 2. The Morgan fingerprint density at radius 2 is 1.55 bits per heavy atom. The highest BCUT2D eigenvalue weighted by Crippen LogP contribution is 2.29. The maximum Gasteiger partial charge on any atom is 0.254 e. The molecule has 2 heterocycles. The second kappa shape index (κ2) is 11.6. The van der Waals surface area contributed by atoms with Gasteiger partial charge >= 0.3 is 0 Å². The van der Waals surface area contributed by atoms with Crippen molar-refractivity contribution in [2.24, 2.45) is 5.14 Å². The number of para-hydroxylation sites is 2. The van der Waals surface area contributed by atoms with Gasteiger partial charge in [0.05, 0.1) is 23.0 Å². The zero-order valence-corrected chi connectivity index (χ0v) is 22.9. The normalized spacial score (nSPS) is 15.6. The van der Waals surface area contributed by atoms with Crippen LogP contribution in [-0.4, -0.2) is 64.5 Å². The van der Waals surface area contributed by atoms with Gasteiger partial charge in [-0.25, -0.2) is 13.6 Å². The molecule has 9 nitrogen and oxygen atoms in total. The average Bonchev–Trinajstić information content (AvgIpc) is 2.91. The number of rotatable bonds is 6. The number of benzene rings is 3. The number of anilines is 3. The van der Waals surface area contributed by atoms with Crippen molar-refractivity contribution in [3.63, 3.8) is 0 Å². The molecule has 0 aliphatic carbocycles. The summed E-state index contributed by atoms with van der Waals surface area (Å²) in [4.78, 5) is 19.6. The fourth-order valence-electron chi connectivity index (χ4n) is 5.35. The predicted octanol–water partition coefficient (Wildman–Crippen LogP) is 3.72. The number of hydrogen-bond acceptors (Lipinski definition) is 7. The van der Waals surface area contributed by atoms with E-state index in [9.17, 15) is 18.5 Å². The summed E-state index contributed by atoms with van der Waals surface area (Å²) in [5, 5.41) is 18.4. The molecule has 0 saturated carbocycles. The number of nitrogens with one attached hydrogen (secondary N) is 1. The third-order valence-corrected chi connectivity index (χ3v) is 8.45. The van der Waals surface area contributed by atoms with Gasteiger partial charge in [-0.05, 0) is 55.3 Å². The number of carbonyl (C=O) groups excluding carboxylic acids is 1. The highest BCUT2D eigenvalue weighted by Gasteiger charge is 2.30. The second-order valence-corrected chi connectivity index (χ2v) is 11.7. The summed E-state index contributed by atoms with van der Waals surface area (Å²) < 4.78 is 24.1. The Bertz CT molecular complexity index is 1550. The molecule has 3 N–H and O–H groups in total. The monoisotopic (exact) mass is 560 g/mol. The number of carbonyl (C=O) groups is 1. The van der Waals surface area contributed by atoms with E-state index in [0.29, 0.717) is 43.0 Å². The summed E-state index contributed by atoms with van der Waals surface area (Å²) in [6.07, 6.45) is 0. The number of piperazine rings is 1. The van der Waals surface area contributed by atoms with Crippen LogP contribution in [0.2, 0.25) is 0 Å². The van der Waals surface area contributed by atoms with Crippen molar-refractivity contribution in [1.29, 1.82) is 5.26 Å². The van der Waals surface area contributed by atoms with Crippen LogP contribution in [0.4, 0.5) is 17.1 Å². The summed E-state index contributed by atoms with van der Waals surface area (Å²) in [5.41, 5.74) is 5.77. The third kappa shape index (κ3) is 5.76. The molecule has 5 rings (SSSR count). The third-order valence-electron chi connectivity index (χ3n) is 7.49. The Labute approximate surface area is 236 Å². The minimum Gasteiger partial charge on any atom is -0.379 e. The molecule has 2 aliphatic rings. The van der Waals surface area contributed by atoms with Gasteiger partial charge in [0.25, 0.3) is 5.91 Å². The first kappa shape index (κ1) is 28.9. The SMILES string of the molecule is C.Cc1cc(C)c(C(=O)N2CCN(c3ccccc3S(N)(=O)=O)CC2)cc1NC1CN(c2ccccc2C#N)C1. The standard InChI is InChI=1S/C29H32N6O3S.CH4/c1-20-15-21(2)25(32-23-18-35(19-23)26-8-4-3-7-22(26)17-30)16-24(20)29(36)34-13-11-33(12-14-34)27-9-5-6-10-28(27)39(31,37)38;/h3-10,15-16,23,32H,11-14,18-19H2,1-2H3,(H2,31,37,38);1H4. The van der Waals surface area contributed by atoms with E-state index < -0.39 is 10.0 Å². The molecule has 40 heavy (non-hydrogen) atoms. The van der Waals surface area contributed by atoms with Gasteiger partial charge < -0.3 is 20.0 Å². The number of primary sulfonamides is 1. The molecule has 1 amide bonds. The second-order valence-electron chi connectivity index (χ2n) is 10.1. The van der Waals surface area contributed by atoms with Crippen LogP contribution < -0.4 is 20.3 Å². The highest BCUT2D eigenvalue weighted by atomic mass is 32.2. The summed E-state index contributed by atoms with van der Waals surface area (Å²) in [5.74, 6) is -0.0342. The Kier molecular flexibility index (Phi) is 8.37. The van der Waals surface area contributed by atoms with E-state index in [1.54, 1.807) is 18.2 Å². The van der Waals surface area contributed by atoms with Gasteiger partial charge in [0, 0.05) is 50.5 Å². The Balaban J connectivity index is 0.00000370. The molecule has 0 aromatic heterocycles. The maximum atomic E-state index is 13.6. The zero-order chi connectivity index (χ0) is 27.7. The van der Waals surface area contributed by atoms with Crippen molar-refractivity contribution < 1.29 is 13.2 Å². The molecule has 2 saturated heterocycles. The topological polar surface area (TPSA) is 123 Å². The van der Waals surface area contributed by atoms with E-state index in [-0.39, 0.29) is 24.3 Å². The van der Waals surface area contributed by atoms with Crippen LogP contribution in [0.3, 0.4) is 0 Å². The van der Waals surface area contributed by atoms with Gasteiger partial charge in [-0.15, -0.1) is 0 Å².